The molecule has 29 heavy (non-hydrogen) atoms. The van der Waals surface area contributed by atoms with E-state index in [2.05, 4.69) is 74.4 Å². The molecule has 0 aliphatic carbocycles. The molecule has 1 N–H and O–H groups in total. The van der Waals surface area contributed by atoms with Gasteiger partial charge in [0, 0.05) is 11.8 Å². The summed E-state index contributed by atoms with van der Waals surface area (Å²) in [6.45, 7) is 3.04. The molecule has 0 bridgehead atoms. The van der Waals surface area contributed by atoms with Crippen molar-refractivity contribution in [1.82, 2.24) is 4.90 Å². The molecule has 0 aliphatic rings. The second kappa shape index (κ2) is 12.8. The van der Waals surface area contributed by atoms with Gasteiger partial charge in [-0.1, -0.05) is 68.7 Å². The maximum atomic E-state index is 10.4. The van der Waals surface area contributed by atoms with Crippen LogP contribution in [0, 0.1) is 6.92 Å². The van der Waals surface area contributed by atoms with Crippen molar-refractivity contribution in [3.05, 3.63) is 89.0 Å². The van der Waals surface area contributed by atoms with Gasteiger partial charge in [-0.25, -0.2) is 0 Å². The number of phenolic OH excluding ortho intramolecular Hbond substituents is 1. The Kier molecular flexibility index (Phi) is 10.7. The second-order valence-corrected chi connectivity index (χ2v) is 11.0. The van der Waals surface area contributed by atoms with Crippen molar-refractivity contribution in [3.63, 3.8) is 0 Å². The number of hydrogen-bond acceptors (Lipinski definition) is 2. The van der Waals surface area contributed by atoms with Gasteiger partial charge in [0.2, 0.25) is 0 Å². The van der Waals surface area contributed by atoms with Crippen LogP contribution in [0.25, 0.3) is 0 Å². The third-order valence-electron chi connectivity index (χ3n) is 4.33. The summed E-state index contributed by atoms with van der Waals surface area (Å²) in [5, 5.41) is 12.7. The van der Waals surface area contributed by atoms with Gasteiger partial charge in [0.25, 0.3) is 0 Å². The maximum absolute atomic E-state index is 10.4. The number of hydrogen-bond donors (Lipinski definition) is 1. The van der Waals surface area contributed by atoms with Crippen molar-refractivity contribution in [3.8, 4) is 5.75 Å². The van der Waals surface area contributed by atoms with Crippen molar-refractivity contribution < 1.29 is 22.1 Å². The van der Waals surface area contributed by atoms with Gasteiger partial charge in [-0.3, -0.25) is 0 Å². The predicted octanol–water partition coefficient (Wildman–Crippen LogP) is 5.36. The average molecular weight is 482 g/mol. The average Bonchev–Trinajstić information content (AvgIpc) is 2.67. The SMILES string of the molecule is Cc1ccc(Pc2cc(Cc3ccccc3)ccc2O)c(CN(C)C)c1.[Cl][Ti][Cl]. The van der Waals surface area contributed by atoms with Crippen LogP contribution in [0.5, 0.6) is 5.75 Å². The van der Waals surface area contributed by atoms with Gasteiger partial charge in [0.1, 0.15) is 5.75 Å². The summed E-state index contributed by atoms with van der Waals surface area (Å²) < 4.78 is 0. The van der Waals surface area contributed by atoms with Crippen molar-refractivity contribution in [2.24, 2.45) is 0 Å². The molecule has 2 nitrogen and oxygen atoms in total. The van der Waals surface area contributed by atoms with E-state index in [1.54, 1.807) is 0 Å². The standard InChI is InChI=1S/C23H26NOP.2ClH.Ti/c1-17-9-12-22(20(13-17)16-24(2)3)26-23-15-19(10-11-21(23)25)14-18-7-5-4-6-8-18;;;/h4-13,15,25-26H,14,16H2,1-3H3;2*1H;/q;;;+2/p-2. The van der Waals surface area contributed by atoms with E-state index >= 15 is 0 Å². The van der Waals surface area contributed by atoms with Gasteiger partial charge < -0.3 is 10.0 Å². The number of halogens is 2. The molecule has 0 heterocycles. The molecular formula is C23H26Cl2NOPTi. The Labute approximate surface area is 192 Å². The summed E-state index contributed by atoms with van der Waals surface area (Å²) in [7, 11) is 14.4. The first-order valence-electron chi connectivity index (χ1n) is 9.26. The monoisotopic (exact) mass is 481 g/mol. The Morgan fingerprint density at radius 3 is 2.24 bits per heavy atom. The fourth-order valence-electron chi connectivity index (χ4n) is 3.09. The zero-order valence-corrected chi connectivity index (χ0v) is 21.0. The van der Waals surface area contributed by atoms with E-state index in [1.165, 1.54) is 27.6 Å². The Morgan fingerprint density at radius 2 is 1.59 bits per heavy atom. The quantitative estimate of drug-likeness (QED) is 0.378. The van der Waals surface area contributed by atoms with Crippen molar-refractivity contribution in [2.75, 3.05) is 14.1 Å². The van der Waals surface area contributed by atoms with E-state index in [-0.39, 0.29) is 0 Å². The number of phenols is 1. The van der Waals surface area contributed by atoms with Crippen molar-refractivity contribution in [1.29, 1.82) is 0 Å². The third kappa shape index (κ3) is 8.42. The van der Waals surface area contributed by atoms with Crippen LogP contribution in [0.15, 0.2) is 66.7 Å². The first-order chi connectivity index (χ1) is 13.9. The van der Waals surface area contributed by atoms with Crippen molar-refractivity contribution in [2.45, 2.75) is 19.9 Å². The van der Waals surface area contributed by atoms with E-state index in [1.807, 2.05) is 18.2 Å². The van der Waals surface area contributed by atoms with Crippen LogP contribution in [0.4, 0.5) is 0 Å². The number of nitrogens with zero attached hydrogens (tertiary/aromatic N) is 1. The first-order valence-corrected chi connectivity index (χ1v) is 14.6. The summed E-state index contributed by atoms with van der Waals surface area (Å²) in [6, 6.07) is 23.1. The minimum absolute atomic E-state index is 0.386. The van der Waals surface area contributed by atoms with E-state index < -0.39 is 17.0 Å². The van der Waals surface area contributed by atoms with Crippen molar-refractivity contribution >= 4 is 37.8 Å². The summed E-state index contributed by atoms with van der Waals surface area (Å²) in [5.74, 6) is 0.386. The molecule has 3 aromatic carbocycles. The predicted molar refractivity (Wildman–Crippen MR) is 125 cm³/mol. The molecule has 0 fully saturated rings. The molecule has 0 radical (unpaired) electrons. The topological polar surface area (TPSA) is 23.5 Å². The molecule has 1 unspecified atom stereocenters. The van der Waals surface area contributed by atoms with E-state index in [4.69, 9.17) is 18.6 Å². The number of benzene rings is 3. The summed E-state index contributed by atoms with van der Waals surface area (Å²) in [6.07, 6.45) is 0.886. The Bertz CT molecular complexity index is 907. The van der Waals surface area contributed by atoms with Crippen LogP contribution in [-0.2, 0) is 30.0 Å². The summed E-state index contributed by atoms with van der Waals surface area (Å²) in [4.78, 5) is 2.19. The molecule has 0 aromatic heterocycles. The number of aromatic hydroxyl groups is 1. The zero-order valence-electron chi connectivity index (χ0n) is 16.9. The van der Waals surface area contributed by atoms with Crippen LogP contribution in [-0.4, -0.2) is 24.1 Å². The Hall–Kier alpha value is -0.856. The Morgan fingerprint density at radius 1 is 0.897 bits per heavy atom. The molecule has 0 spiro atoms. The molecule has 0 saturated heterocycles. The van der Waals surface area contributed by atoms with Gasteiger partial charge in [0.05, 0.1) is 0 Å². The number of aryl methyl sites for hydroxylation is 1. The van der Waals surface area contributed by atoms with Crippen LogP contribution >= 0.6 is 27.2 Å². The number of rotatable bonds is 6. The normalized spacial score (nSPS) is 10.8. The molecule has 6 heteroatoms. The van der Waals surface area contributed by atoms with Crippen LogP contribution in [0.2, 0.25) is 0 Å². The van der Waals surface area contributed by atoms with Crippen LogP contribution in [0.3, 0.4) is 0 Å². The molecule has 0 amide bonds. The fourth-order valence-corrected chi connectivity index (χ4v) is 4.32. The molecular weight excluding hydrogens is 456 g/mol. The van der Waals surface area contributed by atoms with Crippen LogP contribution in [0.1, 0.15) is 22.3 Å². The molecule has 1 atom stereocenters. The first kappa shape index (κ1) is 24.4. The second-order valence-electron chi connectivity index (χ2n) is 7.11. The van der Waals surface area contributed by atoms with E-state index in [0.29, 0.717) is 14.3 Å². The fraction of sp³-hybridized carbons (Fsp3) is 0.217. The van der Waals surface area contributed by atoms with Crippen LogP contribution < -0.4 is 10.6 Å². The minimum atomic E-state index is -0.556. The molecule has 3 aromatic rings. The van der Waals surface area contributed by atoms with Gasteiger partial charge in [-0.2, -0.15) is 0 Å². The summed E-state index contributed by atoms with van der Waals surface area (Å²) in [5.41, 5.74) is 5.13. The molecule has 0 aliphatic heterocycles. The summed E-state index contributed by atoms with van der Waals surface area (Å²) >= 11 is -0.556. The van der Waals surface area contributed by atoms with Gasteiger partial charge in [0.15, 0.2) is 0 Å². The third-order valence-corrected chi connectivity index (χ3v) is 5.76. The molecule has 152 valence electrons. The zero-order chi connectivity index (χ0) is 21.2. The van der Waals surface area contributed by atoms with Gasteiger partial charge in [-0.15, -0.1) is 0 Å². The van der Waals surface area contributed by atoms with E-state index in [9.17, 15) is 5.11 Å². The molecule has 0 saturated carbocycles. The Balaban J connectivity index is 0.000000941. The van der Waals surface area contributed by atoms with E-state index in [0.717, 1.165) is 18.3 Å². The van der Waals surface area contributed by atoms with Gasteiger partial charge >= 0.3 is 35.6 Å². The van der Waals surface area contributed by atoms with Gasteiger partial charge in [-0.05, 0) is 61.6 Å². The molecule has 3 rings (SSSR count).